The van der Waals surface area contributed by atoms with E-state index in [0.717, 1.165) is 11.3 Å². The highest BCUT2D eigenvalue weighted by atomic mass is 32.1. The fourth-order valence-electron chi connectivity index (χ4n) is 4.00. The topological polar surface area (TPSA) is 79.7 Å². The number of hydrogen-bond donors (Lipinski definition) is 1. The van der Waals surface area contributed by atoms with Gasteiger partial charge >= 0.3 is 5.91 Å². The van der Waals surface area contributed by atoms with Gasteiger partial charge in [0.25, 0.3) is 5.78 Å². The molecule has 1 amide bonds. The van der Waals surface area contributed by atoms with Crippen LogP contribution in [0, 0.1) is 5.82 Å². The Morgan fingerprint density at radius 1 is 1.09 bits per heavy atom. The van der Waals surface area contributed by atoms with Gasteiger partial charge in [-0.25, -0.2) is 9.37 Å². The minimum atomic E-state index is -0.891. The average molecular weight is 475 g/mol. The molecular weight excluding hydrogens is 455 g/mol. The second-order valence-corrected chi connectivity index (χ2v) is 8.65. The molecule has 1 saturated heterocycles. The van der Waals surface area contributed by atoms with Gasteiger partial charge in [0.05, 0.1) is 28.4 Å². The zero-order valence-corrected chi connectivity index (χ0v) is 18.9. The van der Waals surface area contributed by atoms with E-state index in [2.05, 4.69) is 4.98 Å². The lowest BCUT2D eigenvalue weighted by molar-refractivity contribution is -0.132. The van der Waals surface area contributed by atoms with E-state index in [1.165, 1.54) is 23.1 Å². The van der Waals surface area contributed by atoms with Gasteiger partial charge in [0.2, 0.25) is 0 Å². The van der Waals surface area contributed by atoms with Gasteiger partial charge in [-0.1, -0.05) is 41.7 Å². The highest BCUT2D eigenvalue weighted by molar-refractivity contribution is 7.22. The van der Waals surface area contributed by atoms with Crippen molar-refractivity contribution in [1.29, 1.82) is 0 Å². The molecule has 170 valence electrons. The van der Waals surface area contributed by atoms with E-state index in [9.17, 15) is 19.1 Å². The fourth-order valence-corrected chi connectivity index (χ4v) is 5.02. The summed E-state index contributed by atoms with van der Waals surface area (Å²) in [6, 6.07) is 18.9. The summed E-state index contributed by atoms with van der Waals surface area (Å²) in [5.74, 6) is -1.70. The smallest absolute Gasteiger partial charge is 0.301 e. The molecular formula is C26H19FN2O4S. The van der Waals surface area contributed by atoms with Gasteiger partial charge in [-0.05, 0) is 55.0 Å². The Kier molecular flexibility index (Phi) is 5.59. The summed E-state index contributed by atoms with van der Waals surface area (Å²) in [4.78, 5) is 32.2. The largest absolute Gasteiger partial charge is 0.507 e. The van der Waals surface area contributed by atoms with E-state index in [1.807, 2.05) is 13.0 Å². The van der Waals surface area contributed by atoms with Gasteiger partial charge in [-0.3, -0.25) is 14.5 Å². The Balaban J connectivity index is 1.67. The number of aromatic nitrogens is 1. The second-order valence-electron chi connectivity index (χ2n) is 7.65. The van der Waals surface area contributed by atoms with Gasteiger partial charge in [0.1, 0.15) is 17.3 Å². The van der Waals surface area contributed by atoms with Crippen molar-refractivity contribution in [2.45, 2.75) is 13.0 Å². The average Bonchev–Trinajstić information content (AvgIpc) is 3.37. The Morgan fingerprint density at radius 2 is 1.82 bits per heavy atom. The number of Topliss-reactive ketones (excluding diaryl/α,β-unsaturated/α-hetero) is 1. The molecule has 0 saturated carbocycles. The number of aliphatic hydroxyl groups excluding tert-OH is 1. The van der Waals surface area contributed by atoms with E-state index in [0.29, 0.717) is 33.7 Å². The molecule has 1 N–H and O–H groups in total. The molecule has 0 aliphatic carbocycles. The highest BCUT2D eigenvalue weighted by Gasteiger charge is 2.48. The summed E-state index contributed by atoms with van der Waals surface area (Å²) in [5, 5.41) is 11.4. The number of rotatable bonds is 5. The van der Waals surface area contributed by atoms with Crippen molar-refractivity contribution in [1.82, 2.24) is 4.98 Å². The molecule has 5 rings (SSSR count). The molecule has 0 radical (unpaired) electrons. The lowest BCUT2D eigenvalue weighted by atomic mass is 9.95. The third-order valence-corrected chi connectivity index (χ3v) is 6.56. The minimum absolute atomic E-state index is 0.0363. The number of benzene rings is 3. The minimum Gasteiger partial charge on any atom is -0.507 e. The standard InChI is InChI=1S/C26H19FN2O4S/c1-2-33-18-11-8-16(9-12-18)23(30)21-22(15-6-4-3-5-7-15)29(25(32)24(21)31)26-28-19-13-10-17(27)14-20(19)34-26/h3-14,22,30H,2H2,1H3. The summed E-state index contributed by atoms with van der Waals surface area (Å²) in [7, 11) is 0. The summed E-state index contributed by atoms with van der Waals surface area (Å²) >= 11 is 1.11. The number of carbonyl (C=O) groups excluding carboxylic acids is 2. The molecule has 0 spiro atoms. The van der Waals surface area contributed by atoms with Crippen molar-refractivity contribution < 1.29 is 23.8 Å². The van der Waals surface area contributed by atoms with Crippen LogP contribution in [0.2, 0.25) is 0 Å². The molecule has 3 aromatic carbocycles. The number of thiazole rings is 1. The van der Waals surface area contributed by atoms with Crippen molar-refractivity contribution in [2.75, 3.05) is 11.5 Å². The summed E-state index contributed by atoms with van der Waals surface area (Å²) in [5.41, 5.74) is 1.50. The Bertz CT molecular complexity index is 1430. The highest BCUT2D eigenvalue weighted by Crippen LogP contribution is 2.44. The Hall–Kier alpha value is -4.04. The van der Waals surface area contributed by atoms with Gasteiger partial charge in [-0.2, -0.15) is 0 Å². The zero-order chi connectivity index (χ0) is 23.8. The normalized spacial score (nSPS) is 17.5. The first kappa shape index (κ1) is 21.8. The fraction of sp³-hybridized carbons (Fsp3) is 0.115. The summed E-state index contributed by atoms with van der Waals surface area (Å²) < 4.78 is 19.7. The molecule has 1 unspecified atom stereocenters. The van der Waals surface area contributed by atoms with Gasteiger partial charge in [0.15, 0.2) is 5.13 Å². The molecule has 1 fully saturated rings. The van der Waals surface area contributed by atoms with E-state index < -0.39 is 23.5 Å². The van der Waals surface area contributed by atoms with Gasteiger partial charge in [-0.15, -0.1) is 0 Å². The van der Waals surface area contributed by atoms with Crippen LogP contribution in [0.25, 0.3) is 16.0 Å². The zero-order valence-electron chi connectivity index (χ0n) is 18.1. The molecule has 8 heteroatoms. The first-order valence-corrected chi connectivity index (χ1v) is 11.4. The molecule has 1 atom stereocenters. The number of ketones is 1. The third kappa shape index (κ3) is 3.72. The van der Waals surface area contributed by atoms with E-state index >= 15 is 0 Å². The molecule has 6 nitrogen and oxygen atoms in total. The predicted molar refractivity (Wildman–Crippen MR) is 128 cm³/mol. The number of anilines is 1. The number of aliphatic hydroxyl groups is 1. The monoisotopic (exact) mass is 474 g/mol. The lowest BCUT2D eigenvalue weighted by Gasteiger charge is -2.22. The number of nitrogens with zero attached hydrogens (tertiary/aromatic N) is 2. The van der Waals surface area contributed by atoms with Gasteiger partial charge in [0, 0.05) is 5.56 Å². The van der Waals surface area contributed by atoms with E-state index in [4.69, 9.17) is 4.74 Å². The van der Waals surface area contributed by atoms with Crippen molar-refractivity contribution in [3.8, 4) is 5.75 Å². The summed E-state index contributed by atoms with van der Waals surface area (Å²) in [6.45, 7) is 2.36. The third-order valence-electron chi connectivity index (χ3n) is 5.54. The van der Waals surface area contributed by atoms with Crippen LogP contribution < -0.4 is 9.64 Å². The molecule has 4 aromatic rings. The van der Waals surface area contributed by atoms with Crippen LogP contribution in [0.5, 0.6) is 5.75 Å². The molecule has 2 heterocycles. The van der Waals surface area contributed by atoms with Crippen LogP contribution in [0.15, 0.2) is 78.4 Å². The first-order valence-electron chi connectivity index (χ1n) is 10.6. The van der Waals surface area contributed by atoms with Crippen LogP contribution >= 0.6 is 11.3 Å². The van der Waals surface area contributed by atoms with Crippen LogP contribution in [-0.2, 0) is 9.59 Å². The number of fused-ring (bicyclic) bond motifs is 1. The predicted octanol–water partition coefficient (Wildman–Crippen LogP) is 5.46. The molecule has 34 heavy (non-hydrogen) atoms. The molecule has 1 aromatic heterocycles. The number of halogens is 1. The molecule has 1 aliphatic heterocycles. The maximum Gasteiger partial charge on any atom is 0.301 e. The first-order chi connectivity index (χ1) is 16.5. The van der Waals surface area contributed by atoms with Gasteiger partial charge < -0.3 is 9.84 Å². The lowest BCUT2D eigenvalue weighted by Crippen LogP contribution is -2.29. The number of hydrogen-bond acceptors (Lipinski definition) is 6. The quantitative estimate of drug-likeness (QED) is 0.236. The van der Waals surface area contributed by atoms with Crippen molar-refractivity contribution >= 4 is 44.1 Å². The molecule has 0 bridgehead atoms. The van der Waals surface area contributed by atoms with E-state index in [1.54, 1.807) is 48.5 Å². The Morgan fingerprint density at radius 3 is 2.53 bits per heavy atom. The van der Waals surface area contributed by atoms with Crippen LogP contribution in [-0.4, -0.2) is 28.4 Å². The van der Waals surface area contributed by atoms with E-state index in [-0.39, 0.29) is 16.5 Å². The van der Waals surface area contributed by atoms with Crippen LogP contribution in [0.4, 0.5) is 9.52 Å². The maximum absolute atomic E-state index is 13.7. The van der Waals surface area contributed by atoms with Crippen molar-refractivity contribution in [3.63, 3.8) is 0 Å². The second kappa shape index (κ2) is 8.72. The maximum atomic E-state index is 13.7. The van der Waals surface area contributed by atoms with Crippen molar-refractivity contribution in [2.24, 2.45) is 0 Å². The SMILES string of the molecule is CCOc1ccc(C(O)=C2C(=O)C(=O)N(c3nc4ccc(F)cc4s3)C2c2ccccc2)cc1. The summed E-state index contributed by atoms with van der Waals surface area (Å²) in [6.07, 6.45) is 0. The van der Waals surface area contributed by atoms with Crippen molar-refractivity contribution in [3.05, 3.63) is 95.3 Å². The molecule has 1 aliphatic rings. The Labute approximate surface area is 198 Å². The number of ether oxygens (including phenoxy) is 1. The number of carbonyl (C=O) groups is 2. The van der Waals surface area contributed by atoms with Crippen LogP contribution in [0.3, 0.4) is 0 Å². The van der Waals surface area contributed by atoms with Crippen LogP contribution in [0.1, 0.15) is 24.1 Å². The number of amides is 1.